The third-order valence-corrected chi connectivity index (χ3v) is 4.82. The Morgan fingerprint density at radius 3 is 2.78 bits per heavy atom. The first-order chi connectivity index (χ1) is 10.9. The summed E-state index contributed by atoms with van der Waals surface area (Å²) in [6, 6.07) is 3.83. The fraction of sp³-hybridized carbons (Fsp3) is 0.500. The first-order valence-electron chi connectivity index (χ1n) is 7.63. The number of halogens is 1. The number of hydrogen-bond acceptors (Lipinski definition) is 4. The average molecular weight is 344 g/mol. The summed E-state index contributed by atoms with van der Waals surface area (Å²) in [5.74, 6) is -0.359. The Morgan fingerprint density at radius 1 is 1.39 bits per heavy atom. The Labute approximate surface area is 137 Å². The average Bonchev–Trinajstić information content (AvgIpc) is 2.50. The molecule has 0 fully saturated rings. The van der Waals surface area contributed by atoms with E-state index in [0.717, 1.165) is 12.8 Å². The molecule has 23 heavy (non-hydrogen) atoms. The van der Waals surface area contributed by atoms with E-state index in [1.807, 2.05) is 0 Å². The van der Waals surface area contributed by atoms with Crippen LogP contribution in [0.1, 0.15) is 37.8 Å². The summed E-state index contributed by atoms with van der Waals surface area (Å²) < 4.78 is 45.5. The van der Waals surface area contributed by atoms with Crippen LogP contribution >= 0.6 is 0 Å². The van der Waals surface area contributed by atoms with Crippen LogP contribution in [0, 0.1) is 5.82 Å². The third-order valence-electron chi connectivity index (χ3n) is 3.29. The van der Waals surface area contributed by atoms with Gasteiger partial charge >= 0.3 is 0 Å². The number of unbranched alkanes of at least 4 members (excludes halogenated alkanes) is 2. The molecule has 0 amide bonds. The van der Waals surface area contributed by atoms with Gasteiger partial charge in [-0.15, -0.1) is 0 Å². The SMILES string of the molecule is C=CCOc1cc([C@H](C)NS(=O)(=O)CCCCCN)ccc1F. The normalized spacial score (nSPS) is 12.8. The van der Waals surface area contributed by atoms with Crippen molar-refractivity contribution in [3.05, 3.63) is 42.2 Å². The molecule has 5 nitrogen and oxygen atoms in total. The van der Waals surface area contributed by atoms with Crippen molar-refractivity contribution in [2.45, 2.75) is 32.2 Å². The molecule has 0 heterocycles. The molecule has 0 aliphatic heterocycles. The van der Waals surface area contributed by atoms with Crippen molar-refractivity contribution in [3.8, 4) is 5.75 Å². The van der Waals surface area contributed by atoms with Gasteiger partial charge in [0.25, 0.3) is 0 Å². The Morgan fingerprint density at radius 2 is 2.13 bits per heavy atom. The van der Waals surface area contributed by atoms with Gasteiger partial charge < -0.3 is 10.5 Å². The van der Waals surface area contributed by atoms with E-state index < -0.39 is 21.9 Å². The molecule has 0 aromatic heterocycles. The maximum atomic E-state index is 13.6. The van der Waals surface area contributed by atoms with Crippen molar-refractivity contribution in [1.29, 1.82) is 0 Å². The highest BCUT2D eigenvalue weighted by atomic mass is 32.2. The fourth-order valence-corrected chi connectivity index (χ4v) is 3.43. The molecule has 1 aromatic carbocycles. The lowest BCUT2D eigenvalue weighted by molar-refractivity contribution is 0.341. The largest absolute Gasteiger partial charge is 0.486 e. The minimum absolute atomic E-state index is 0.0539. The Balaban J connectivity index is 2.69. The van der Waals surface area contributed by atoms with Crippen molar-refractivity contribution in [1.82, 2.24) is 4.72 Å². The summed E-state index contributed by atoms with van der Waals surface area (Å²) in [4.78, 5) is 0. The van der Waals surface area contributed by atoms with Crippen LogP contribution in [0.2, 0.25) is 0 Å². The van der Waals surface area contributed by atoms with Crippen LogP contribution < -0.4 is 15.2 Å². The van der Waals surface area contributed by atoms with E-state index in [2.05, 4.69) is 11.3 Å². The van der Waals surface area contributed by atoms with Crippen LogP contribution in [0.5, 0.6) is 5.75 Å². The van der Waals surface area contributed by atoms with Gasteiger partial charge in [-0.2, -0.15) is 0 Å². The predicted octanol–water partition coefficient (Wildman–Crippen LogP) is 2.50. The molecule has 0 aliphatic carbocycles. The van der Waals surface area contributed by atoms with Gasteiger partial charge in [-0.05, 0) is 44.0 Å². The molecule has 0 saturated heterocycles. The number of sulfonamides is 1. The maximum Gasteiger partial charge on any atom is 0.212 e. The van der Waals surface area contributed by atoms with Gasteiger partial charge in [-0.1, -0.05) is 25.1 Å². The lowest BCUT2D eigenvalue weighted by Gasteiger charge is -2.16. The summed E-state index contributed by atoms with van der Waals surface area (Å²) in [5.41, 5.74) is 6.02. The highest BCUT2D eigenvalue weighted by Crippen LogP contribution is 2.23. The van der Waals surface area contributed by atoms with Crippen molar-refractivity contribution < 1.29 is 17.5 Å². The minimum atomic E-state index is -3.39. The van der Waals surface area contributed by atoms with Gasteiger partial charge in [0.05, 0.1) is 5.75 Å². The number of ether oxygens (including phenoxy) is 1. The van der Waals surface area contributed by atoms with Gasteiger partial charge in [-0.25, -0.2) is 17.5 Å². The zero-order chi connectivity index (χ0) is 17.3. The maximum absolute atomic E-state index is 13.6. The van der Waals surface area contributed by atoms with Gasteiger partial charge in [0.15, 0.2) is 11.6 Å². The van der Waals surface area contributed by atoms with Gasteiger partial charge in [0, 0.05) is 6.04 Å². The van der Waals surface area contributed by atoms with Crippen LogP contribution in [-0.2, 0) is 10.0 Å². The summed E-state index contributed by atoms with van der Waals surface area (Å²) in [6.07, 6.45) is 3.67. The standard InChI is InChI=1S/C16H25FN2O3S/c1-3-10-22-16-12-14(7-8-15(16)17)13(2)19-23(20,21)11-6-4-5-9-18/h3,7-8,12-13,19H,1,4-6,9-11,18H2,2H3/t13-/m0/s1. The second-order valence-corrected chi connectivity index (χ2v) is 7.17. The molecule has 7 heteroatoms. The summed E-state index contributed by atoms with van der Waals surface area (Å²) >= 11 is 0. The predicted molar refractivity (Wildman–Crippen MR) is 90.3 cm³/mol. The van der Waals surface area contributed by atoms with E-state index in [-0.39, 0.29) is 18.1 Å². The first kappa shape index (κ1) is 19.6. The van der Waals surface area contributed by atoms with Gasteiger partial charge in [-0.3, -0.25) is 0 Å². The molecule has 3 N–H and O–H groups in total. The molecule has 0 spiro atoms. The van der Waals surface area contributed by atoms with Crippen LogP contribution in [0.4, 0.5) is 4.39 Å². The summed E-state index contributed by atoms with van der Waals surface area (Å²) in [7, 11) is -3.39. The number of nitrogens with one attached hydrogen (secondary N) is 1. The van der Waals surface area contributed by atoms with Crippen LogP contribution in [0.15, 0.2) is 30.9 Å². The molecule has 1 rings (SSSR count). The molecule has 0 radical (unpaired) electrons. The monoisotopic (exact) mass is 344 g/mol. The lowest BCUT2D eigenvalue weighted by Crippen LogP contribution is -2.29. The first-order valence-corrected chi connectivity index (χ1v) is 9.28. The van der Waals surface area contributed by atoms with Crippen molar-refractivity contribution >= 4 is 10.0 Å². The number of benzene rings is 1. The van der Waals surface area contributed by atoms with Crippen LogP contribution in [0.25, 0.3) is 0 Å². The molecular formula is C16H25FN2O3S. The van der Waals surface area contributed by atoms with E-state index in [0.29, 0.717) is 18.5 Å². The van der Waals surface area contributed by atoms with Crippen molar-refractivity contribution in [3.63, 3.8) is 0 Å². The Kier molecular flexibility index (Phi) is 8.22. The van der Waals surface area contributed by atoms with E-state index in [1.165, 1.54) is 24.3 Å². The lowest BCUT2D eigenvalue weighted by atomic mass is 10.1. The smallest absolute Gasteiger partial charge is 0.212 e. The second-order valence-electron chi connectivity index (χ2n) is 5.30. The quantitative estimate of drug-likeness (QED) is 0.477. The van der Waals surface area contributed by atoms with Crippen molar-refractivity contribution in [2.24, 2.45) is 5.73 Å². The molecule has 130 valence electrons. The number of nitrogens with two attached hydrogens (primary N) is 1. The highest BCUT2D eigenvalue weighted by Gasteiger charge is 2.17. The highest BCUT2D eigenvalue weighted by molar-refractivity contribution is 7.89. The molecule has 0 unspecified atom stereocenters. The molecule has 1 atom stereocenters. The number of rotatable bonds is 11. The number of hydrogen-bond donors (Lipinski definition) is 2. The molecule has 0 bridgehead atoms. The van der Waals surface area contributed by atoms with Gasteiger partial charge in [0.1, 0.15) is 6.61 Å². The fourth-order valence-electron chi connectivity index (χ4n) is 2.06. The van der Waals surface area contributed by atoms with Gasteiger partial charge in [0.2, 0.25) is 10.0 Å². The molecule has 0 saturated carbocycles. The topological polar surface area (TPSA) is 81.4 Å². The Bertz CT molecular complexity index is 605. The summed E-state index contributed by atoms with van der Waals surface area (Å²) in [5, 5.41) is 0. The van der Waals surface area contributed by atoms with Crippen molar-refractivity contribution in [2.75, 3.05) is 18.9 Å². The van der Waals surface area contributed by atoms with Crippen LogP contribution in [-0.4, -0.2) is 27.3 Å². The van der Waals surface area contributed by atoms with E-state index >= 15 is 0 Å². The minimum Gasteiger partial charge on any atom is -0.486 e. The van der Waals surface area contributed by atoms with Crippen LogP contribution in [0.3, 0.4) is 0 Å². The molecule has 1 aromatic rings. The van der Waals surface area contributed by atoms with E-state index in [1.54, 1.807) is 6.92 Å². The molecular weight excluding hydrogens is 319 g/mol. The zero-order valence-corrected chi connectivity index (χ0v) is 14.2. The summed E-state index contributed by atoms with van der Waals surface area (Å²) in [6.45, 7) is 5.96. The zero-order valence-electron chi connectivity index (χ0n) is 13.4. The van der Waals surface area contributed by atoms with E-state index in [9.17, 15) is 12.8 Å². The van der Waals surface area contributed by atoms with E-state index in [4.69, 9.17) is 10.5 Å². The second kappa shape index (κ2) is 9.64. The third kappa shape index (κ3) is 7.11. The Hall–Kier alpha value is -1.44. The molecule has 0 aliphatic rings.